The third-order valence-corrected chi connectivity index (χ3v) is 4.07. The lowest BCUT2D eigenvalue weighted by atomic mass is 10.0. The fourth-order valence-corrected chi connectivity index (χ4v) is 2.77. The van der Waals surface area contributed by atoms with Gasteiger partial charge < -0.3 is 16.2 Å². The molecule has 0 aliphatic heterocycles. The lowest BCUT2D eigenvalue weighted by Gasteiger charge is -2.13. The van der Waals surface area contributed by atoms with Crippen LogP contribution in [0.15, 0.2) is 24.3 Å². The quantitative estimate of drug-likeness (QED) is 0.698. The molecule has 2 rings (SSSR count). The second kappa shape index (κ2) is 7.29. The number of carbonyl (C=O) groups is 1. The van der Waals surface area contributed by atoms with E-state index < -0.39 is 6.10 Å². The number of aliphatic hydroxyl groups excluding tert-OH is 1. The lowest BCUT2D eigenvalue weighted by molar-refractivity contribution is -0.121. The molecule has 1 aromatic carbocycles. The summed E-state index contributed by atoms with van der Waals surface area (Å²) in [6, 6.07) is 7.07. The minimum atomic E-state index is -0.675. The first-order chi connectivity index (χ1) is 9.65. The molecule has 1 aliphatic rings. The van der Waals surface area contributed by atoms with E-state index in [1.807, 2.05) is 0 Å². The van der Waals surface area contributed by atoms with Crippen molar-refractivity contribution in [2.24, 2.45) is 5.92 Å². The van der Waals surface area contributed by atoms with Crippen LogP contribution in [0.5, 0.6) is 0 Å². The van der Waals surface area contributed by atoms with Crippen molar-refractivity contribution < 1.29 is 9.90 Å². The molecule has 1 aliphatic carbocycles. The van der Waals surface area contributed by atoms with Gasteiger partial charge in [0.2, 0.25) is 5.91 Å². The second-order valence-corrected chi connectivity index (χ2v) is 5.68. The number of amides is 1. The van der Waals surface area contributed by atoms with Gasteiger partial charge in [-0.15, -0.1) is 0 Å². The Kier molecular flexibility index (Phi) is 5.41. The predicted octanol–water partition coefficient (Wildman–Crippen LogP) is 2.39. The Morgan fingerprint density at radius 1 is 1.30 bits per heavy atom. The van der Waals surface area contributed by atoms with E-state index in [1.165, 1.54) is 25.7 Å². The molecule has 0 bridgehead atoms. The maximum absolute atomic E-state index is 11.7. The Hall–Kier alpha value is -1.55. The Bertz CT molecular complexity index is 425. The van der Waals surface area contributed by atoms with E-state index in [2.05, 4.69) is 5.32 Å². The highest BCUT2D eigenvalue weighted by atomic mass is 16.3. The number of nitrogen functional groups attached to an aromatic ring is 1. The maximum Gasteiger partial charge on any atom is 0.220 e. The van der Waals surface area contributed by atoms with Crippen LogP contribution in [0.1, 0.15) is 50.2 Å². The molecule has 0 aromatic heterocycles. The van der Waals surface area contributed by atoms with Gasteiger partial charge in [0.25, 0.3) is 0 Å². The van der Waals surface area contributed by atoms with Crippen molar-refractivity contribution in [3.8, 4) is 0 Å². The number of aliphatic hydroxyl groups is 1. The molecular weight excluding hydrogens is 252 g/mol. The van der Waals surface area contributed by atoms with Crippen molar-refractivity contribution in [1.29, 1.82) is 0 Å². The van der Waals surface area contributed by atoms with Crippen molar-refractivity contribution in [2.75, 3.05) is 12.3 Å². The number of hydrogen-bond acceptors (Lipinski definition) is 3. The van der Waals surface area contributed by atoms with Crippen molar-refractivity contribution in [3.63, 3.8) is 0 Å². The first-order valence-electron chi connectivity index (χ1n) is 7.45. The highest BCUT2D eigenvalue weighted by Gasteiger charge is 2.16. The molecule has 20 heavy (non-hydrogen) atoms. The predicted molar refractivity (Wildman–Crippen MR) is 80.0 cm³/mol. The molecule has 1 unspecified atom stereocenters. The molecule has 1 fully saturated rings. The number of nitrogens with one attached hydrogen (secondary N) is 1. The van der Waals surface area contributed by atoms with Gasteiger partial charge in [-0.2, -0.15) is 0 Å². The zero-order valence-electron chi connectivity index (χ0n) is 11.8. The van der Waals surface area contributed by atoms with Crippen LogP contribution in [-0.4, -0.2) is 17.6 Å². The van der Waals surface area contributed by atoms with Crippen molar-refractivity contribution in [1.82, 2.24) is 5.32 Å². The zero-order valence-corrected chi connectivity index (χ0v) is 11.8. The van der Waals surface area contributed by atoms with Crippen LogP contribution >= 0.6 is 0 Å². The van der Waals surface area contributed by atoms with Gasteiger partial charge in [-0.1, -0.05) is 37.8 Å². The molecule has 0 radical (unpaired) electrons. The molecule has 0 spiro atoms. The summed E-state index contributed by atoms with van der Waals surface area (Å²) >= 11 is 0. The van der Waals surface area contributed by atoms with E-state index in [-0.39, 0.29) is 12.5 Å². The van der Waals surface area contributed by atoms with E-state index in [0.717, 1.165) is 17.9 Å². The van der Waals surface area contributed by atoms with Crippen LogP contribution in [0.4, 0.5) is 5.69 Å². The first kappa shape index (κ1) is 14.9. The van der Waals surface area contributed by atoms with Crippen LogP contribution in [0.2, 0.25) is 0 Å². The summed E-state index contributed by atoms with van der Waals surface area (Å²) in [5.41, 5.74) is 7.04. The van der Waals surface area contributed by atoms with E-state index in [0.29, 0.717) is 12.1 Å². The highest BCUT2D eigenvalue weighted by molar-refractivity contribution is 5.75. The molecular formula is C16H24N2O2. The summed E-state index contributed by atoms with van der Waals surface area (Å²) in [4.78, 5) is 11.7. The van der Waals surface area contributed by atoms with Gasteiger partial charge in [0.15, 0.2) is 0 Å². The minimum absolute atomic E-state index is 0.0337. The standard InChI is InChI=1S/C16H24N2O2/c17-14-8-6-13(7-9-14)15(19)11-18-16(20)10-5-12-3-1-2-4-12/h6-9,12,15,19H,1-5,10-11,17H2,(H,18,20). The summed E-state index contributed by atoms with van der Waals surface area (Å²) in [6.07, 6.45) is 6.02. The van der Waals surface area contributed by atoms with Crippen LogP contribution in [0, 0.1) is 5.92 Å². The third kappa shape index (κ3) is 4.53. The van der Waals surface area contributed by atoms with Gasteiger partial charge in [0.05, 0.1) is 6.10 Å². The van der Waals surface area contributed by atoms with E-state index in [9.17, 15) is 9.90 Å². The van der Waals surface area contributed by atoms with Crippen molar-refractivity contribution in [3.05, 3.63) is 29.8 Å². The molecule has 4 nitrogen and oxygen atoms in total. The number of benzene rings is 1. The first-order valence-corrected chi connectivity index (χ1v) is 7.45. The molecule has 110 valence electrons. The van der Waals surface area contributed by atoms with Crippen LogP contribution in [-0.2, 0) is 4.79 Å². The number of carbonyl (C=O) groups excluding carboxylic acids is 1. The van der Waals surface area contributed by atoms with Crippen molar-refractivity contribution in [2.45, 2.75) is 44.6 Å². The maximum atomic E-state index is 11.7. The van der Waals surface area contributed by atoms with Gasteiger partial charge in [0, 0.05) is 18.7 Å². The molecule has 4 heteroatoms. The van der Waals surface area contributed by atoms with Gasteiger partial charge in [0.1, 0.15) is 0 Å². The third-order valence-electron chi connectivity index (χ3n) is 4.07. The Morgan fingerprint density at radius 2 is 1.95 bits per heavy atom. The molecule has 1 saturated carbocycles. The summed E-state index contributed by atoms with van der Waals surface area (Å²) in [5.74, 6) is 0.758. The van der Waals surface area contributed by atoms with Crippen molar-refractivity contribution >= 4 is 11.6 Å². The van der Waals surface area contributed by atoms with Crippen LogP contribution in [0.25, 0.3) is 0 Å². The normalized spacial score (nSPS) is 17.1. The average Bonchev–Trinajstić information content (AvgIpc) is 2.96. The topological polar surface area (TPSA) is 75.3 Å². The molecule has 4 N–H and O–H groups in total. The average molecular weight is 276 g/mol. The number of hydrogen-bond donors (Lipinski definition) is 3. The van der Waals surface area contributed by atoms with Crippen LogP contribution in [0.3, 0.4) is 0 Å². The fourth-order valence-electron chi connectivity index (χ4n) is 2.77. The summed E-state index contributed by atoms with van der Waals surface area (Å²) in [6.45, 7) is 0.257. The van der Waals surface area contributed by atoms with E-state index in [1.54, 1.807) is 24.3 Å². The Balaban J connectivity index is 1.68. The monoisotopic (exact) mass is 276 g/mol. The smallest absolute Gasteiger partial charge is 0.220 e. The largest absolute Gasteiger partial charge is 0.399 e. The number of anilines is 1. The SMILES string of the molecule is Nc1ccc(C(O)CNC(=O)CCC2CCCC2)cc1. The summed E-state index contributed by atoms with van der Waals surface area (Å²) < 4.78 is 0. The van der Waals surface area contributed by atoms with E-state index >= 15 is 0 Å². The Labute approximate surface area is 120 Å². The van der Waals surface area contributed by atoms with Gasteiger partial charge in [-0.05, 0) is 30.0 Å². The number of rotatable bonds is 6. The summed E-state index contributed by atoms with van der Waals surface area (Å²) in [7, 11) is 0. The van der Waals surface area contributed by atoms with Crippen LogP contribution < -0.4 is 11.1 Å². The zero-order chi connectivity index (χ0) is 14.4. The van der Waals surface area contributed by atoms with Gasteiger partial charge >= 0.3 is 0 Å². The Morgan fingerprint density at radius 3 is 2.60 bits per heavy atom. The van der Waals surface area contributed by atoms with Gasteiger partial charge in [-0.3, -0.25) is 4.79 Å². The highest BCUT2D eigenvalue weighted by Crippen LogP contribution is 2.28. The molecule has 0 saturated heterocycles. The molecule has 0 heterocycles. The molecule has 1 atom stereocenters. The second-order valence-electron chi connectivity index (χ2n) is 5.68. The van der Waals surface area contributed by atoms with Gasteiger partial charge in [-0.25, -0.2) is 0 Å². The summed E-state index contributed by atoms with van der Waals surface area (Å²) in [5, 5.41) is 12.8. The molecule has 1 aromatic rings. The fraction of sp³-hybridized carbons (Fsp3) is 0.562. The molecule has 1 amide bonds. The number of nitrogens with two attached hydrogens (primary N) is 1. The van der Waals surface area contributed by atoms with E-state index in [4.69, 9.17) is 5.73 Å². The minimum Gasteiger partial charge on any atom is -0.399 e. The lowest BCUT2D eigenvalue weighted by Crippen LogP contribution is -2.28.